The number of hydrogen-bond donors (Lipinski definition) is 1. The highest BCUT2D eigenvalue weighted by atomic mass is 16.6. The molecule has 7 nitrogen and oxygen atoms in total. The molecule has 7 heteroatoms. The van der Waals surface area contributed by atoms with Gasteiger partial charge in [-0.1, -0.05) is 75.5 Å². The molecule has 1 N–H and O–H groups in total. The maximum Gasteiger partial charge on any atom is 0.339 e. The topological polar surface area (TPSA) is 99.1 Å². The fourth-order valence-electron chi connectivity index (χ4n) is 3.88. The molecule has 0 aliphatic carbocycles. The maximum atomic E-state index is 12.5. The number of ether oxygens (including phenoxy) is 3. The zero-order valence-corrected chi connectivity index (χ0v) is 25.0. The van der Waals surface area contributed by atoms with E-state index in [1.165, 1.54) is 43.9 Å². The molecular formula is C33H50O7. The number of carbonyl (C=O) groups is 3. The lowest BCUT2D eigenvalue weighted by atomic mass is 10.1. The summed E-state index contributed by atoms with van der Waals surface area (Å²) >= 11 is 0. The van der Waals surface area contributed by atoms with Crippen LogP contribution in [-0.4, -0.2) is 47.9 Å². The number of allylic oxidation sites excluding steroid dienone is 4. The first kappa shape index (κ1) is 35.1. The van der Waals surface area contributed by atoms with Crippen LogP contribution in [0.5, 0.6) is 0 Å². The predicted molar refractivity (Wildman–Crippen MR) is 159 cm³/mol. The first-order chi connectivity index (χ1) is 19.1. The van der Waals surface area contributed by atoms with Crippen molar-refractivity contribution in [3.05, 3.63) is 59.7 Å². The number of esters is 2. The van der Waals surface area contributed by atoms with Crippen LogP contribution in [0.2, 0.25) is 0 Å². The minimum atomic E-state index is -1.22. The Balaban J connectivity index is 2.33. The van der Waals surface area contributed by atoms with Crippen molar-refractivity contribution in [3.8, 4) is 0 Å². The van der Waals surface area contributed by atoms with E-state index in [1.54, 1.807) is 6.07 Å². The molecule has 0 aromatic heterocycles. The van der Waals surface area contributed by atoms with Gasteiger partial charge in [0.1, 0.15) is 6.61 Å². The van der Waals surface area contributed by atoms with E-state index in [1.807, 2.05) is 20.8 Å². The van der Waals surface area contributed by atoms with Crippen LogP contribution < -0.4 is 0 Å². The number of unbranched alkanes of at least 4 members (excludes halogenated alkanes) is 8. The molecule has 40 heavy (non-hydrogen) atoms. The zero-order valence-electron chi connectivity index (χ0n) is 25.0. The molecule has 0 fully saturated rings. The smallest absolute Gasteiger partial charge is 0.339 e. The summed E-state index contributed by atoms with van der Waals surface area (Å²) < 4.78 is 16.6. The van der Waals surface area contributed by atoms with Crippen LogP contribution >= 0.6 is 0 Å². The molecule has 0 heterocycles. The van der Waals surface area contributed by atoms with E-state index in [0.717, 1.165) is 44.9 Å². The lowest BCUT2D eigenvalue weighted by Gasteiger charge is -2.24. The third-order valence-corrected chi connectivity index (χ3v) is 6.11. The first-order valence-corrected chi connectivity index (χ1v) is 14.8. The molecule has 224 valence electrons. The fourth-order valence-corrected chi connectivity index (χ4v) is 3.88. The third-order valence-electron chi connectivity index (χ3n) is 6.11. The van der Waals surface area contributed by atoms with Crippen molar-refractivity contribution in [3.63, 3.8) is 0 Å². The Morgan fingerprint density at radius 3 is 2.05 bits per heavy atom. The normalized spacial score (nSPS) is 12.6. The van der Waals surface area contributed by atoms with E-state index in [-0.39, 0.29) is 36.7 Å². The van der Waals surface area contributed by atoms with Crippen molar-refractivity contribution >= 4 is 17.9 Å². The Bertz CT molecular complexity index is 927. The summed E-state index contributed by atoms with van der Waals surface area (Å²) in [6.45, 7) is 7.69. The molecule has 1 rings (SSSR count). The van der Waals surface area contributed by atoms with Gasteiger partial charge in [0, 0.05) is 6.42 Å². The zero-order chi connectivity index (χ0) is 29.6. The standard InChI is InChI=1S/C33H50O7/c1-5-6-7-8-9-10-11-12-13-14-15-16-17-18-19-24-30(34)40-27(26-39-33(2,3)4)25-38-32(37)29-23-21-20-22-28(29)31(35)36/h9-10,12-13,20-23,27H,5-8,11,14-19,24-26H2,1-4H3,(H,35,36)/b10-9-,13-12-. The molecule has 0 saturated heterocycles. The molecule has 0 radical (unpaired) electrons. The number of carboxylic acid groups (broad SMARTS) is 1. The first-order valence-electron chi connectivity index (χ1n) is 14.8. The molecule has 1 unspecified atom stereocenters. The van der Waals surface area contributed by atoms with Crippen LogP contribution in [-0.2, 0) is 19.0 Å². The summed E-state index contributed by atoms with van der Waals surface area (Å²) in [6, 6.07) is 5.83. The number of benzene rings is 1. The average Bonchev–Trinajstić information content (AvgIpc) is 2.91. The summed E-state index contributed by atoms with van der Waals surface area (Å²) in [5.41, 5.74) is -0.666. The summed E-state index contributed by atoms with van der Waals surface area (Å²) in [5, 5.41) is 9.31. The van der Waals surface area contributed by atoms with Crippen LogP contribution in [0.1, 0.15) is 125 Å². The van der Waals surface area contributed by atoms with E-state index in [0.29, 0.717) is 0 Å². The van der Waals surface area contributed by atoms with Gasteiger partial charge in [-0.15, -0.1) is 0 Å². The maximum absolute atomic E-state index is 12.5. The minimum Gasteiger partial charge on any atom is -0.478 e. The molecular weight excluding hydrogens is 508 g/mol. The molecule has 0 aliphatic heterocycles. The van der Waals surface area contributed by atoms with Crippen LogP contribution in [0.15, 0.2) is 48.6 Å². The molecule has 0 aliphatic rings. The van der Waals surface area contributed by atoms with Crippen molar-refractivity contribution in [2.24, 2.45) is 0 Å². The van der Waals surface area contributed by atoms with E-state index in [9.17, 15) is 19.5 Å². The number of aromatic carboxylic acids is 1. The number of carboxylic acids is 1. The van der Waals surface area contributed by atoms with Crippen LogP contribution in [0.4, 0.5) is 0 Å². The Labute approximate surface area is 241 Å². The van der Waals surface area contributed by atoms with Crippen LogP contribution in [0.25, 0.3) is 0 Å². The molecule has 1 aromatic rings. The monoisotopic (exact) mass is 558 g/mol. The summed E-state index contributed by atoms with van der Waals surface area (Å²) in [5.74, 6) is -2.37. The van der Waals surface area contributed by atoms with Gasteiger partial charge in [0.2, 0.25) is 0 Å². The van der Waals surface area contributed by atoms with Gasteiger partial charge in [0.15, 0.2) is 6.10 Å². The highest BCUT2D eigenvalue weighted by Gasteiger charge is 2.23. The van der Waals surface area contributed by atoms with Gasteiger partial charge in [-0.3, -0.25) is 4.79 Å². The van der Waals surface area contributed by atoms with E-state index < -0.39 is 23.6 Å². The molecule has 0 saturated carbocycles. The molecule has 0 amide bonds. The second-order valence-electron chi connectivity index (χ2n) is 11.0. The Hall–Kier alpha value is -2.93. The van der Waals surface area contributed by atoms with E-state index in [2.05, 4.69) is 31.2 Å². The van der Waals surface area contributed by atoms with Crippen LogP contribution in [0, 0.1) is 0 Å². The number of rotatable bonds is 21. The van der Waals surface area contributed by atoms with Gasteiger partial charge < -0.3 is 19.3 Å². The molecule has 0 spiro atoms. The number of hydrogen-bond acceptors (Lipinski definition) is 6. The van der Waals surface area contributed by atoms with Gasteiger partial charge in [0.25, 0.3) is 0 Å². The quantitative estimate of drug-likeness (QED) is 0.0925. The largest absolute Gasteiger partial charge is 0.478 e. The van der Waals surface area contributed by atoms with Gasteiger partial charge in [-0.05, 0) is 71.4 Å². The Morgan fingerprint density at radius 2 is 1.43 bits per heavy atom. The molecule has 1 atom stereocenters. The van der Waals surface area contributed by atoms with E-state index in [4.69, 9.17) is 14.2 Å². The summed E-state index contributed by atoms with van der Waals surface area (Å²) in [6.07, 6.45) is 20.6. The van der Waals surface area contributed by atoms with Crippen molar-refractivity contribution < 1.29 is 33.7 Å². The summed E-state index contributed by atoms with van der Waals surface area (Å²) in [7, 11) is 0. The third kappa shape index (κ3) is 17.6. The van der Waals surface area contributed by atoms with Crippen molar-refractivity contribution in [1.82, 2.24) is 0 Å². The highest BCUT2D eigenvalue weighted by molar-refractivity contribution is 6.02. The lowest BCUT2D eigenvalue weighted by molar-refractivity contribution is -0.158. The highest BCUT2D eigenvalue weighted by Crippen LogP contribution is 2.14. The second-order valence-corrected chi connectivity index (χ2v) is 11.0. The van der Waals surface area contributed by atoms with Crippen molar-refractivity contribution in [1.29, 1.82) is 0 Å². The van der Waals surface area contributed by atoms with Crippen LogP contribution in [0.3, 0.4) is 0 Å². The lowest BCUT2D eigenvalue weighted by Crippen LogP contribution is -2.33. The van der Waals surface area contributed by atoms with Gasteiger partial charge >= 0.3 is 17.9 Å². The SMILES string of the molecule is CCCCC/C=C\C/C=C\CCCCCCCC(=O)OC(COC(=O)c1ccccc1C(=O)O)COC(C)(C)C. The predicted octanol–water partition coefficient (Wildman–Crippen LogP) is 8.08. The number of carbonyl (C=O) groups excluding carboxylic acids is 2. The Morgan fingerprint density at radius 1 is 0.825 bits per heavy atom. The van der Waals surface area contributed by atoms with Crippen molar-refractivity contribution in [2.75, 3.05) is 13.2 Å². The van der Waals surface area contributed by atoms with Gasteiger partial charge in [0.05, 0.1) is 23.3 Å². The molecule has 1 aromatic carbocycles. The fraction of sp³-hybridized carbons (Fsp3) is 0.606. The average molecular weight is 559 g/mol. The van der Waals surface area contributed by atoms with Gasteiger partial charge in [-0.25, -0.2) is 9.59 Å². The van der Waals surface area contributed by atoms with Gasteiger partial charge in [-0.2, -0.15) is 0 Å². The van der Waals surface area contributed by atoms with Crippen molar-refractivity contribution in [2.45, 2.75) is 116 Å². The second kappa shape index (κ2) is 20.9. The minimum absolute atomic E-state index is 0.0538. The Kier molecular flexibility index (Phi) is 18.3. The molecule has 0 bridgehead atoms. The van der Waals surface area contributed by atoms with E-state index >= 15 is 0 Å². The summed E-state index contributed by atoms with van der Waals surface area (Å²) in [4.78, 5) is 36.4.